The predicted octanol–water partition coefficient (Wildman–Crippen LogP) is 7.60. The first-order valence-electron chi connectivity index (χ1n) is 22.9. The van der Waals surface area contributed by atoms with Gasteiger partial charge in [0.15, 0.2) is 0 Å². The third kappa shape index (κ3) is 17.2. The van der Waals surface area contributed by atoms with Crippen LogP contribution in [0.1, 0.15) is 78.0 Å². The first-order chi connectivity index (χ1) is 31.4. The molecule has 0 bridgehead atoms. The number of alkyl carbamates (subject to hydrolysis) is 3. The fraction of sp³-hybridized carbons (Fsp3) is 0.551. The lowest BCUT2D eigenvalue weighted by atomic mass is 9.88. The molecule has 0 aliphatic carbocycles. The average Bonchev–Trinajstić information content (AvgIpc) is 3.26. The summed E-state index contributed by atoms with van der Waals surface area (Å²) in [5.41, 5.74) is 1.75. The number of piperazine rings is 1. The van der Waals surface area contributed by atoms with E-state index < -0.39 is 41.6 Å². The van der Waals surface area contributed by atoms with Crippen LogP contribution in [-0.2, 0) is 38.6 Å². The summed E-state index contributed by atoms with van der Waals surface area (Å²) in [5, 5.41) is 12.6. The van der Waals surface area contributed by atoms with Crippen LogP contribution in [0.2, 0.25) is 5.02 Å². The van der Waals surface area contributed by atoms with Crippen LogP contribution in [0.25, 0.3) is 0 Å². The van der Waals surface area contributed by atoms with Crippen molar-refractivity contribution < 1.29 is 42.5 Å². The largest absolute Gasteiger partial charge is 0.493 e. The molecule has 2 fully saturated rings. The summed E-state index contributed by atoms with van der Waals surface area (Å²) < 4.78 is 37.1. The summed E-state index contributed by atoms with van der Waals surface area (Å²) >= 11 is 6.50. The number of nitrogens with zero attached hydrogens (tertiary/aromatic N) is 3. The topological polar surface area (TPSA) is 163 Å². The number of hydrogen-bond acceptors (Lipinski definition) is 11. The van der Waals surface area contributed by atoms with E-state index in [1.807, 2.05) is 49.4 Å². The van der Waals surface area contributed by atoms with E-state index in [0.717, 1.165) is 16.8 Å². The molecule has 0 spiro atoms. The molecule has 2 saturated heterocycles. The number of amides is 4. The smallest absolute Gasteiger partial charge is 0.408 e. The molecule has 2 heterocycles. The lowest BCUT2D eigenvalue weighted by Gasteiger charge is -2.40. The van der Waals surface area contributed by atoms with E-state index in [1.165, 1.54) is 6.07 Å². The molecule has 2 aliphatic heterocycles. The highest BCUT2D eigenvalue weighted by molar-refractivity contribution is 6.30. The minimum absolute atomic E-state index is 0.0781. The van der Waals surface area contributed by atoms with Crippen molar-refractivity contribution in [1.82, 2.24) is 30.7 Å². The first kappa shape index (κ1) is 51.7. The third-order valence-electron chi connectivity index (χ3n) is 11.2. The summed E-state index contributed by atoms with van der Waals surface area (Å²) in [7, 11) is 0. The standard InChI is InChI=1S/C49H69ClFN7O8/c1-8-63-42-16-12-15-40(51)39(42)32-57-25-27-58(28-26-57)44(59)43(55-46(61)64-33-34-13-10-9-11-14-34)35-19-22-56(23-20-35)24-21-36-29-37(50)17-18-41(36)52-30-38(54-47(62)66-49(5,6)7)31-53-45(60)65-48(2,3)4/h9-18,29,35,38,43,52H,8,19-28,30-33H2,1-7H3,(H,53,60)(H,54,62)(H,55,61)/t38-,43-/m1/s1. The molecule has 0 radical (unpaired) electrons. The van der Waals surface area contributed by atoms with Gasteiger partial charge in [-0.25, -0.2) is 18.8 Å². The molecular formula is C49H69ClFN7O8. The molecule has 2 aliphatic rings. The molecule has 0 saturated carbocycles. The maximum absolute atomic E-state index is 14.9. The molecular weight excluding hydrogens is 869 g/mol. The SMILES string of the molecule is CCOc1cccc(F)c1CN1CCN(C(=O)[C@H](NC(=O)OCc2ccccc2)C2CCN(CCc3cc(Cl)ccc3NC[C@H](CNC(=O)OC(C)(C)C)NC(=O)OC(C)(C)C)CC2)CC1. The number of hydrogen-bond donors (Lipinski definition) is 4. The first-order valence-corrected chi connectivity index (χ1v) is 23.3. The van der Waals surface area contributed by atoms with E-state index in [1.54, 1.807) is 64.6 Å². The van der Waals surface area contributed by atoms with E-state index in [0.29, 0.717) is 94.6 Å². The van der Waals surface area contributed by atoms with E-state index in [9.17, 15) is 23.6 Å². The van der Waals surface area contributed by atoms with Crippen LogP contribution >= 0.6 is 11.6 Å². The highest BCUT2D eigenvalue weighted by Gasteiger charge is 2.37. The summed E-state index contributed by atoms with van der Waals surface area (Å²) in [6.45, 7) is 17.8. The van der Waals surface area contributed by atoms with Gasteiger partial charge in [0.2, 0.25) is 5.91 Å². The molecule has 0 unspecified atom stereocenters. The Morgan fingerprint density at radius 2 is 1.47 bits per heavy atom. The van der Waals surface area contributed by atoms with E-state index >= 15 is 0 Å². The summed E-state index contributed by atoms with van der Waals surface area (Å²) in [6.07, 6.45) is 0.143. The van der Waals surface area contributed by atoms with Crippen LogP contribution in [0.4, 0.5) is 24.5 Å². The van der Waals surface area contributed by atoms with E-state index in [4.69, 9.17) is 30.5 Å². The number of likely N-dealkylation sites (tertiary alicyclic amines) is 1. The van der Waals surface area contributed by atoms with Crippen LogP contribution in [0.3, 0.4) is 0 Å². The van der Waals surface area contributed by atoms with Gasteiger partial charge in [-0.3, -0.25) is 9.69 Å². The quantitative estimate of drug-likeness (QED) is 0.0930. The van der Waals surface area contributed by atoms with Gasteiger partial charge in [0.1, 0.15) is 35.4 Å². The molecule has 2 atom stereocenters. The van der Waals surface area contributed by atoms with Gasteiger partial charge < -0.3 is 50.0 Å². The molecule has 66 heavy (non-hydrogen) atoms. The number of rotatable bonds is 18. The lowest BCUT2D eigenvalue weighted by Crippen LogP contribution is -2.58. The molecule has 362 valence electrons. The van der Waals surface area contributed by atoms with Gasteiger partial charge in [-0.05, 0) is 128 Å². The molecule has 3 aromatic rings. The molecule has 4 N–H and O–H groups in total. The normalized spacial score (nSPS) is 16.1. The van der Waals surface area contributed by atoms with Gasteiger partial charge in [-0.1, -0.05) is 48.0 Å². The van der Waals surface area contributed by atoms with Crippen molar-refractivity contribution in [3.8, 4) is 5.75 Å². The number of nitrogens with one attached hydrogen (secondary N) is 4. The number of carbonyl (C=O) groups is 4. The number of benzene rings is 3. The van der Waals surface area contributed by atoms with E-state index in [2.05, 4.69) is 31.1 Å². The molecule has 5 rings (SSSR count). The van der Waals surface area contributed by atoms with Crippen molar-refractivity contribution in [2.75, 3.05) is 70.8 Å². The minimum atomic E-state index is -0.783. The number of anilines is 1. The highest BCUT2D eigenvalue weighted by atomic mass is 35.5. The van der Waals surface area contributed by atoms with Gasteiger partial charge in [0.25, 0.3) is 0 Å². The van der Waals surface area contributed by atoms with Crippen LogP contribution in [0.15, 0.2) is 66.7 Å². The Bertz CT molecular complexity index is 2050. The van der Waals surface area contributed by atoms with Crippen molar-refractivity contribution in [3.63, 3.8) is 0 Å². The predicted molar refractivity (Wildman–Crippen MR) is 253 cm³/mol. The van der Waals surface area contributed by atoms with Crippen molar-refractivity contribution >= 4 is 41.5 Å². The summed E-state index contributed by atoms with van der Waals surface area (Å²) in [5.74, 6) is -0.0795. The zero-order valence-electron chi connectivity index (χ0n) is 39.6. The number of ether oxygens (including phenoxy) is 4. The Hall–Kier alpha value is -5.32. The Kier molecular flexibility index (Phi) is 19.1. The monoisotopic (exact) mass is 937 g/mol. The fourth-order valence-corrected chi connectivity index (χ4v) is 8.13. The van der Waals surface area contributed by atoms with Crippen molar-refractivity contribution in [2.45, 2.75) is 104 Å². The second kappa shape index (κ2) is 24.4. The molecule has 4 amide bonds. The van der Waals surface area contributed by atoms with Gasteiger partial charge in [0.05, 0.1) is 12.6 Å². The van der Waals surface area contributed by atoms with Gasteiger partial charge in [0, 0.05) is 68.6 Å². The van der Waals surface area contributed by atoms with Crippen LogP contribution in [0, 0.1) is 11.7 Å². The minimum Gasteiger partial charge on any atom is -0.493 e. The average molecular weight is 939 g/mol. The van der Waals surface area contributed by atoms with Crippen LogP contribution < -0.4 is 26.0 Å². The lowest BCUT2D eigenvalue weighted by molar-refractivity contribution is -0.137. The zero-order valence-corrected chi connectivity index (χ0v) is 40.3. The van der Waals surface area contributed by atoms with Crippen LogP contribution in [0.5, 0.6) is 5.75 Å². The van der Waals surface area contributed by atoms with Gasteiger partial charge >= 0.3 is 18.3 Å². The molecule has 0 aromatic heterocycles. The van der Waals surface area contributed by atoms with Crippen LogP contribution in [-0.4, -0.2) is 128 Å². The number of carbonyl (C=O) groups excluding carboxylic acids is 4. The Balaban J connectivity index is 1.19. The number of halogens is 2. The van der Waals surface area contributed by atoms with Crippen molar-refractivity contribution in [2.24, 2.45) is 5.92 Å². The zero-order chi connectivity index (χ0) is 47.9. The summed E-state index contributed by atoms with van der Waals surface area (Å²) in [4.78, 5) is 59.2. The Morgan fingerprint density at radius 3 is 2.14 bits per heavy atom. The Morgan fingerprint density at radius 1 is 0.788 bits per heavy atom. The second-order valence-corrected chi connectivity index (χ2v) is 19.2. The third-order valence-corrected chi connectivity index (χ3v) is 11.4. The maximum atomic E-state index is 14.9. The van der Waals surface area contributed by atoms with Crippen molar-refractivity contribution in [1.29, 1.82) is 0 Å². The molecule has 3 aromatic carbocycles. The maximum Gasteiger partial charge on any atom is 0.408 e. The second-order valence-electron chi connectivity index (χ2n) is 18.8. The number of piperidine rings is 1. The van der Waals surface area contributed by atoms with E-state index in [-0.39, 0.29) is 37.3 Å². The fourth-order valence-electron chi connectivity index (χ4n) is 7.94. The van der Waals surface area contributed by atoms with Crippen molar-refractivity contribution in [3.05, 3.63) is 94.3 Å². The highest BCUT2D eigenvalue weighted by Crippen LogP contribution is 2.27. The van der Waals surface area contributed by atoms with Gasteiger partial charge in [-0.15, -0.1) is 0 Å². The molecule has 15 nitrogen and oxygen atoms in total. The van der Waals surface area contributed by atoms with Gasteiger partial charge in [-0.2, -0.15) is 0 Å². The summed E-state index contributed by atoms with van der Waals surface area (Å²) in [6, 6.07) is 18.5. The molecule has 17 heteroatoms. The Labute approximate surface area is 394 Å².